The molecule has 15 heavy (non-hydrogen) atoms. The Balaban J connectivity index is 2.64. The van der Waals surface area contributed by atoms with Gasteiger partial charge in [-0.1, -0.05) is 30.3 Å². The van der Waals surface area contributed by atoms with Gasteiger partial charge < -0.3 is 0 Å². The van der Waals surface area contributed by atoms with Crippen LogP contribution in [0.25, 0.3) is 0 Å². The molecule has 2 nitrogen and oxygen atoms in total. The van der Waals surface area contributed by atoms with Crippen molar-refractivity contribution in [1.29, 1.82) is 10.5 Å². The molecule has 0 aliphatic carbocycles. The molecule has 0 heterocycles. The quantitative estimate of drug-likeness (QED) is 0.794. The van der Waals surface area contributed by atoms with E-state index in [2.05, 4.69) is 15.9 Å². The highest BCUT2D eigenvalue weighted by atomic mass is 79.9. The number of hydrogen-bond donors (Lipinski definition) is 0. The Hall–Kier alpha value is -1.23. The van der Waals surface area contributed by atoms with Gasteiger partial charge in [-0.05, 0) is 21.5 Å². The Bertz CT molecular complexity index is 424. The van der Waals surface area contributed by atoms with E-state index in [9.17, 15) is 0 Å². The third-order valence-electron chi connectivity index (χ3n) is 1.63. The Labute approximate surface area is 101 Å². The van der Waals surface area contributed by atoms with E-state index in [0.29, 0.717) is 3.81 Å². The summed E-state index contributed by atoms with van der Waals surface area (Å²) < 4.78 is 0.594. The average Bonchev–Trinajstić information content (AvgIpc) is 2.29. The summed E-state index contributed by atoms with van der Waals surface area (Å²) >= 11 is 4.66. The molecule has 1 rings (SSSR count). The third-order valence-corrected chi connectivity index (χ3v) is 3.65. The molecule has 0 aliphatic heterocycles. The Morgan fingerprint density at radius 2 is 1.80 bits per heavy atom. The minimum atomic E-state index is 0.121. The molecule has 0 fully saturated rings. The molecule has 1 aromatic carbocycles. The fourth-order valence-electron chi connectivity index (χ4n) is 0.906. The lowest BCUT2D eigenvalue weighted by Crippen LogP contribution is -1.80. The van der Waals surface area contributed by atoms with E-state index in [-0.39, 0.29) is 5.57 Å². The normalized spacial score (nSPS) is 8.73. The van der Waals surface area contributed by atoms with Gasteiger partial charge in [-0.3, -0.25) is 0 Å². The Morgan fingerprint density at radius 3 is 2.33 bits per heavy atom. The van der Waals surface area contributed by atoms with Crippen molar-refractivity contribution in [2.45, 2.75) is 5.75 Å². The number of halogens is 1. The number of nitrogens with zero attached hydrogens (tertiary/aromatic N) is 2. The fourth-order valence-corrected chi connectivity index (χ4v) is 2.15. The predicted octanol–water partition coefficient (Wildman–Crippen LogP) is 3.57. The molecule has 0 saturated carbocycles. The van der Waals surface area contributed by atoms with Crippen LogP contribution in [0.5, 0.6) is 0 Å². The maximum absolute atomic E-state index is 8.62. The molecule has 0 unspecified atom stereocenters. The van der Waals surface area contributed by atoms with E-state index in [1.54, 1.807) is 0 Å². The van der Waals surface area contributed by atoms with Gasteiger partial charge in [0.25, 0.3) is 0 Å². The number of rotatable bonds is 3. The van der Waals surface area contributed by atoms with Crippen molar-refractivity contribution in [1.82, 2.24) is 0 Å². The zero-order chi connectivity index (χ0) is 11.1. The average molecular weight is 279 g/mol. The van der Waals surface area contributed by atoms with Crippen molar-refractivity contribution < 1.29 is 0 Å². The van der Waals surface area contributed by atoms with Crippen molar-refractivity contribution >= 4 is 27.7 Å². The number of nitriles is 2. The van der Waals surface area contributed by atoms with Gasteiger partial charge in [0.05, 0.1) is 3.81 Å². The molecule has 0 saturated heterocycles. The molecule has 0 aliphatic rings. The van der Waals surface area contributed by atoms with Crippen LogP contribution in [0.4, 0.5) is 0 Å². The highest BCUT2D eigenvalue weighted by Crippen LogP contribution is 2.28. The molecule has 0 aromatic heterocycles. The van der Waals surface area contributed by atoms with Crippen molar-refractivity contribution in [2.24, 2.45) is 0 Å². The molecule has 0 atom stereocenters. The first-order valence-corrected chi connectivity index (χ1v) is 5.92. The second-order valence-electron chi connectivity index (χ2n) is 2.65. The molecular weight excluding hydrogens is 272 g/mol. The van der Waals surface area contributed by atoms with Gasteiger partial charge in [0.2, 0.25) is 0 Å². The minimum absolute atomic E-state index is 0.121. The van der Waals surface area contributed by atoms with Crippen molar-refractivity contribution in [3.63, 3.8) is 0 Å². The van der Waals surface area contributed by atoms with Gasteiger partial charge in [0.15, 0.2) is 0 Å². The lowest BCUT2D eigenvalue weighted by Gasteiger charge is -1.99. The van der Waals surface area contributed by atoms with Crippen molar-refractivity contribution in [2.75, 3.05) is 0 Å². The molecule has 0 radical (unpaired) electrons. The van der Waals surface area contributed by atoms with E-state index in [1.807, 2.05) is 42.5 Å². The lowest BCUT2D eigenvalue weighted by atomic mass is 10.2. The van der Waals surface area contributed by atoms with E-state index in [4.69, 9.17) is 10.5 Å². The van der Waals surface area contributed by atoms with E-state index >= 15 is 0 Å². The summed E-state index contributed by atoms with van der Waals surface area (Å²) in [7, 11) is 0. The van der Waals surface area contributed by atoms with Crippen LogP contribution in [0, 0.1) is 22.7 Å². The zero-order valence-electron chi connectivity index (χ0n) is 7.77. The summed E-state index contributed by atoms with van der Waals surface area (Å²) in [6.45, 7) is 0. The standard InChI is InChI=1S/C11H7BrN2S/c12-11(10(6-13)7-14)15-8-9-4-2-1-3-5-9/h1-5H,8H2. The van der Waals surface area contributed by atoms with Gasteiger partial charge >= 0.3 is 0 Å². The van der Waals surface area contributed by atoms with Gasteiger partial charge in [-0.2, -0.15) is 10.5 Å². The first-order valence-electron chi connectivity index (χ1n) is 4.14. The van der Waals surface area contributed by atoms with E-state index in [0.717, 1.165) is 11.3 Å². The van der Waals surface area contributed by atoms with Gasteiger partial charge in [0.1, 0.15) is 17.7 Å². The lowest BCUT2D eigenvalue weighted by molar-refractivity contribution is 1.42. The first kappa shape index (κ1) is 11.8. The summed E-state index contributed by atoms with van der Waals surface area (Å²) in [6, 6.07) is 13.6. The summed E-state index contributed by atoms with van der Waals surface area (Å²) in [5, 5.41) is 17.2. The van der Waals surface area contributed by atoms with Crippen LogP contribution in [-0.2, 0) is 5.75 Å². The number of thioether (sulfide) groups is 1. The number of hydrogen-bond acceptors (Lipinski definition) is 3. The smallest absolute Gasteiger partial charge is 0.150 e. The second-order valence-corrected chi connectivity index (χ2v) is 4.95. The molecule has 1 aromatic rings. The zero-order valence-corrected chi connectivity index (χ0v) is 10.2. The van der Waals surface area contributed by atoms with Gasteiger partial charge in [-0.15, -0.1) is 11.8 Å². The summed E-state index contributed by atoms with van der Waals surface area (Å²) in [4.78, 5) is 0. The molecule has 0 N–H and O–H groups in total. The number of allylic oxidation sites excluding steroid dienone is 1. The highest BCUT2D eigenvalue weighted by molar-refractivity contribution is 9.14. The molecular formula is C11H7BrN2S. The monoisotopic (exact) mass is 278 g/mol. The Morgan fingerprint density at radius 1 is 1.20 bits per heavy atom. The SMILES string of the molecule is N#CC(C#N)=C(Br)SCc1ccccc1. The van der Waals surface area contributed by atoms with Crippen molar-refractivity contribution in [3.05, 3.63) is 45.3 Å². The molecule has 0 spiro atoms. The Kier molecular flexibility index (Phi) is 4.97. The highest BCUT2D eigenvalue weighted by Gasteiger charge is 2.03. The maximum Gasteiger partial charge on any atom is 0.150 e. The third kappa shape index (κ3) is 3.79. The van der Waals surface area contributed by atoms with Crippen LogP contribution in [0.15, 0.2) is 39.7 Å². The topological polar surface area (TPSA) is 47.6 Å². The van der Waals surface area contributed by atoms with Gasteiger partial charge in [0, 0.05) is 5.75 Å². The molecule has 4 heteroatoms. The van der Waals surface area contributed by atoms with Crippen LogP contribution in [-0.4, -0.2) is 0 Å². The van der Waals surface area contributed by atoms with Crippen LogP contribution < -0.4 is 0 Å². The van der Waals surface area contributed by atoms with Gasteiger partial charge in [-0.25, -0.2) is 0 Å². The molecule has 0 bridgehead atoms. The summed E-state index contributed by atoms with van der Waals surface area (Å²) in [5.41, 5.74) is 1.28. The first-order chi connectivity index (χ1) is 7.27. The number of benzene rings is 1. The van der Waals surface area contributed by atoms with Crippen LogP contribution in [0.3, 0.4) is 0 Å². The van der Waals surface area contributed by atoms with Crippen LogP contribution >= 0.6 is 27.7 Å². The fraction of sp³-hybridized carbons (Fsp3) is 0.0909. The minimum Gasteiger partial charge on any atom is -0.192 e. The molecule has 0 amide bonds. The van der Waals surface area contributed by atoms with E-state index in [1.165, 1.54) is 11.8 Å². The summed E-state index contributed by atoms with van der Waals surface area (Å²) in [5.74, 6) is 0.744. The largest absolute Gasteiger partial charge is 0.192 e. The van der Waals surface area contributed by atoms with Crippen molar-refractivity contribution in [3.8, 4) is 12.1 Å². The summed E-state index contributed by atoms with van der Waals surface area (Å²) in [6.07, 6.45) is 0. The molecule has 74 valence electrons. The second kappa shape index (κ2) is 6.29. The van der Waals surface area contributed by atoms with E-state index < -0.39 is 0 Å². The maximum atomic E-state index is 8.62. The van der Waals surface area contributed by atoms with Crippen LogP contribution in [0.1, 0.15) is 5.56 Å². The predicted molar refractivity (Wildman–Crippen MR) is 64.9 cm³/mol. The van der Waals surface area contributed by atoms with Crippen LogP contribution in [0.2, 0.25) is 0 Å².